The molecule has 4 nitrogen and oxygen atoms in total. The lowest BCUT2D eigenvalue weighted by Gasteiger charge is -2.32. The summed E-state index contributed by atoms with van der Waals surface area (Å²) >= 11 is 3.70. The van der Waals surface area contributed by atoms with Crippen LogP contribution in [-0.2, 0) is 13.1 Å². The normalized spacial score (nSPS) is 20.2. The van der Waals surface area contributed by atoms with Crippen LogP contribution in [0.1, 0.15) is 38.9 Å². The summed E-state index contributed by atoms with van der Waals surface area (Å²) in [7, 11) is 0. The van der Waals surface area contributed by atoms with Crippen LogP contribution in [0.2, 0.25) is 0 Å². The fourth-order valence-corrected chi connectivity index (χ4v) is 3.11. The molecule has 0 spiro atoms. The average Bonchev–Trinajstić information content (AvgIpc) is 2.78. The molecule has 0 N–H and O–H groups in total. The first-order chi connectivity index (χ1) is 8.70. The first-order valence-corrected chi connectivity index (χ1v) is 7.85. The molecule has 2 rings (SSSR count). The SMILES string of the molecule is CCCn1ncnc1CN1CCC(C(C)Br)CC1. The average molecular weight is 315 g/mol. The third-order valence-electron chi connectivity index (χ3n) is 3.78. The smallest absolute Gasteiger partial charge is 0.141 e. The Morgan fingerprint density at radius 2 is 2.17 bits per heavy atom. The largest absolute Gasteiger partial charge is 0.296 e. The van der Waals surface area contributed by atoms with Gasteiger partial charge < -0.3 is 0 Å². The molecule has 5 heteroatoms. The van der Waals surface area contributed by atoms with Gasteiger partial charge in [0, 0.05) is 11.4 Å². The highest BCUT2D eigenvalue weighted by Gasteiger charge is 2.23. The number of likely N-dealkylation sites (tertiary alicyclic amines) is 1. The van der Waals surface area contributed by atoms with Crippen molar-refractivity contribution in [3.8, 4) is 0 Å². The van der Waals surface area contributed by atoms with E-state index >= 15 is 0 Å². The summed E-state index contributed by atoms with van der Waals surface area (Å²) < 4.78 is 2.04. The van der Waals surface area contributed by atoms with Crippen LogP contribution in [0.3, 0.4) is 0 Å². The van der Waals surface area contributed by atoms with Gasteiger partial charge in [-0.1, -0.05) is 29.8 Å². The van der Waals surface area contributed by atoms with Gasteiger partial charge in [-0.3, -0.25) is 4.90 Å². The summed E-state index contributed by atoms with van der Waals surface area (Å²) in [6.45, 7) is 8.72. The van der Waals surface area contributed by atoms with Crippen LogP contribution in [0.5, 0.6) is 0 Å². The highest BCUT2D eigenvalue weighted by Crippen LogP contribution is 2.25. The first-order valence-electron chi connectivity index (χ1n) is 6.93. The number of hydrogen-bond acceptors (Lipinski definition) is 3. The van der Waals surface area contributed by atoms with Crippen LogP contribution < -0.4 is 0 Å². The Labute approximate surface area is 118 Å². The number of aryl methyl sites for hydroxylation is 1. The summed E-state index contributed by atoms with van der Waals surface area (Å²) in [5.74, 6) is 1.94. The van der Waals surface area contributed by atoms with Gasteiger partial charge in [0.1, 0.15) is 12.2 Å². The van der Waals surface area contributed by atoms with E-state index in [1.54, 1.807) is 6.33 Å². The Bertz CT molecular complexity index is 356. The van der Waals surface area contributed by atoms with Crippen LogP contribution in [0.4, 0.5) is 0 Å². The molecule has 0 aromatic carbocycles. The molecule has 1 aromatic rings. The van der Waals surface area contributed by atoms with Gasteiger partial charge in [0.05, 0.1) is 6.54 Å². The minimum atomic E-state index is 0.642. The number of nitrogens with zero attached hydrogens (tertiary/aromatic N) is 4. The van der Waals surface area contributed by atoms with Crippen molar-refractivity contribution >= 4 is 15.9 Å². The number of alkyl halides is 1. The molecular formula is C13H23BrN4. The van der Waals surface area contributed by atoms with Crippen molar-refractivity contribution < 1.29 is 0 Å². The summed E-state index contributed by atoms with van der Waals surface area (Å²) in [6.07, 6.45) is 5.36. The molecule has 1 atom stereocenters. The Hall–Kier alpha value is -0.420. The lowest BCUT2D eigenvalue weighted by atomic mass is 9.94. The van der Waals surface area contributed by atoms with E-state index in [-0.39, 0.29) is 0 Å². The molecule has 18 heavy (non-hydrogen) atoms. The van der Waals surface area contributed by atoms with E-state index in [1.807, 2.05) is 4.68 Å². The molecule has 1 aromatic heterocycles. The second-order valence-electron chi connectivity index (χ2n) is 5.19. The zero-order chi connectivity index (χ0) is 13.0. The van der Waals surface area contributed by atoms with Gasteiger partial charge >= 0.3 is 0 Å². The molecule has 1 aliphatic heterocycles. The number of rotatable bonds is 5. The number of hydrogen-bond donors (Lipinski definition) is 0. The molecule has 1 fully saturated rings. The molecular weight excluding hydrogens is 292 g/mol. The molecule has 0 amide bonds. The van der Waals surface area contributed by atoms with Gasteiger partial charge in [0.15, 0.2) is 0 Å². The topological polar surface area (TPSA) is 34.0 Å². The minimum absolute atomic E-state index is 0.642. The highest BCUT2D eigenvalue weighted by molar-refractivity contribution is 9.09. The molecule has 1 aliphatic rings. The highest BCUT2D eigenvalue weighted by atomic mass is 79.9. The maximum absolute atomic E-state index is 4.38. The van der Waals surface area contributed by atoms with Crippen LogP contribution in [0, 0.1) is 5.92 Å². The van der Waals surface area contributed by atoms with Crippen molar-refractivity contribution in [1.82, 2.24) is 19.7 Å². The number of piperidine rings is 1. The van der Waals surface area contributed by atoms with Crippen molar-refractivity contribution in [2.24, 2.45) is 5.92 Å². The molecule has 0 saturated carbocycles. The minimum Gasteiger partial charge on any atom is -0.296 e. The van der Waals surface area contributed by atoms with E-state index in [0.29, 0.717) is 4.83 Å². The molecule has 2 heterocycles. The van der Waals surface area contributed by atoms with Crippen LogP contribution in [0.25, 0.3) is 0 Å². The van der Waals surface area contributed by atoms with Gasteiger partial charge in [0.25, 0.3) is 0 Å². The van der Waals surface area contributed by atoms with E-state index in [9.17, 15) is 0 Å². The Balaban J connectivity index is 1.85. The summed E-state index contributed by atoms with van der Waals surface area (Å²) in [5, 5.41) is 4.29. The van der Waals surface area contributed by atoms with Crippen LogP contribution >= 0.6 is 15.9 Å². The Morgan fingerprint density at radius 1 is 1.44 bits per heavy atom. The maximum Gasteiger partial charge on any atom is 0.141 e. The van der Waals surface area contributed by atoms with Gasteiger partial charge in [0.2, 0.25) is 0 Å². The zero-order valence-electron chi connectivity index (χ0n) is 11.3. The van der Waals surface area contributed by atoms with Crippen molar-refractivity contribution in [1.29, 1.82) is 0 Å². The summed E-state index contributed by atoms with van der Waals surface area (Å²) in [6, 6.07) is 0. The van der Waals surface area contributed by atoms with Gasteiger partial charge in [-0.05, 0) is 38.3 Å². The summed E-state index contributed by atoms with van der Waals surface area (Å²) in [4.78, 5) is 7.53. The van der Waals surface area contributed by atoms with Crippen molar-refractivity contribution in [2.45, 2.75) is 51.0 Å². The quantitative estimate of drug-likeness (QED) is 0.784. The lowest BCUT2D eigenvalue weighted by molar-refractivity contribution is 0.172. The molecule has 1 unspecified atom stereocenters. The molecule has 1 saturated heterocycles. The van der Waals surface area contributed by atoms with E-state index in [0.717, 1.165) is 31.3 Å². The second-order valence-corrected chi connectivity index (χ2v) is 6.63. The van der Waals surface area contributed by atoms with Gasteiger partial charge in [-0.2, -0.15) is 5.10 Å². The van der Waals surface area contributed by atoms with Crippen molar-refractivity contribution in [3.05, 3.63) is 12.2 Å². The predicted octanol–water partition coefficient (Wildman–Crippen LogP) is 2.68. The standard InChI is InChI=1S/C13H23BrN4/c1-3-6-18-13(15-10-16-18)9-17-7-4-12(5-8-17)11(2)14/h10-12H,3-9H2,1-2H3. The molecule has 102 valence electrons. The third-order valence-corrected chi connectivity index (χ3v) is 4.53. The molecule has 0 bridgehead atoms. The van der Waals surface area contributed by atoms with Gasteiger partial charge in [-0.25, -0.2) is 9.67 Å². The van der Waals surface area contributed by atoms with E-state index in [2.05, 4.69) is 44.8 Å². The van der Waals surface area contributed by atoms with E-state index in [1.165, 1.54) is 25.9 Å². The van der Waals surface area contributed by atoms with Crippen LogP contribution in [-0.4, -0.2) is 37.6 Å². The second kappa shape index (κ2) is 6.66. The number of aromatic nitrogens is 3. The molecule has 0 aliphatic carbocycles. The van der Waals surface area contributed by atoms with Crippen molar-refractivity contribution in [3.63, 3.8) is 0 Å². The van der Waals surface area contributed by atoms with E-state index in [4.69, 9.17) is 0 Å². The zero-order valence-corrected chi connectivity index (χ0v) is 12.9. The fraction of sp³-hybridized carbons (Fsp3) is 0.846. The fourth-order valence-electron chi connectivity index (χ4n) is 2.58. The third kappa shape index (κ3) is 3.54. The maximum atomic E-state index is 4.38. The Morgan fingerprint density at radius 3 is 2.78 bits per heavy atom. The first kappa shape index (κ1) is 14.0. The Kier molecular flexibility index (Phi) is 5.18. The number of halogens is 1. The van der Waals surface area contributed by atoms with Crippen LogP contribution in [0.15, 0.2) is 6.33 Å². The monoisotopic (exact) mass is 314 g/mol. The molecule has 0 radical (unpaired) electrons. The lowest BCUT2D eigenvalue weighted by Crippen LogP contribution is -2.36. The van der Waals surface area contributed by atoms with Gasteiger partial charge in [-0.15, -0.1) is 0 Å². The summed E-state index contributed by atoms with van der Waals surface area (Å²) in [5.41, 5.74) is 0. The van der Waals surface area contributed by atoms with Crippen molar-refractivity contribution in [2.75, 3.05) is 13.1 Å². The predicted molar refractivity (Wildman–Crippen MR) is 76.7 cm³/mol. The van der Waals surface area contributed by atoms with E-state index < -0.39 is 0 Å².